The molecule has 0 fully saturated rings. The molecule has 0 saturated carbocycles. The Hall–Kier alpha value is -1.37. The van der Waals surface area contributed by atoms with E-state index in [1.165, 1.54) is 11.1 Å². The Labute approximate surface area is 105 Å². The Morgan fingerprint density at radius 3 is 2.18 bits per heavy atom. The van der Waals surface area contributed by atoms with Crippen LogP contribution >= 0.6 is 0 Å². The molecule has 0 aliphatic carbocycles. The van der Waals surface area contributed by atoms with Crippen LogP contribution in [0.5, 0.6) is 0 Å². The molecule has 17 heavy (non-hydrogen) atoms. The molecular formula is C16H22O. The summed E-state index contributed by atoms with van der Waals surface area (Å²) in [5.41, 5.74) is 2.70. The summed E-state index contributed by atoms with van der Waals surface area (Å²) < 4.78 is 0. The van der Waals surface area contributed by atoms with Gasteiger partial charge in [-0.15, -0.1) is 0 Å². The van der Waals surface area contributed by atoms with E-state index < -0.39 is 0 Å². The van der Waals surface area contributed by atoms with Crippen LogP contribution in [0.25, 0.3) is 0 Å². The van der Waals surface area contributed by atoms with E-state index in [9.17, 15) is 4.79 Å². The van der Waals surface area contributed by atoms with Gasteiger partial charge >= 0.3 is 0 Å². The zero-order chi connectivity index (χ0) is 12.7. The number of hydrogen-bond donors (Lipinski definition) is 0. The highest BCUT2D eigenvalue weighted by Crippen LogP contribution is 2.10. The minimum atomic E-state index is 0.0233. The van der Waals surface area contributed by atoms with Crippen molar-refractivity contribution in [2.24, 2.45) is 11.8 Å². The quantitative estimate of drug-likeness (QED) is 0.536. The fraction of sp³-hybridized carbons (Fsp3) is 0.438. The first-order valence-electron chi connectivity index (χ1n) is 6.31. The first-order valence-corrected chi connectivity index (χ1v) is 6.31. The summed E-state index contributed by atoms with van der Waals surface area (Å²) in [4.78, 5) is 10.4. The van der Waals surface area contributed by atoms with E-state index in [2.05, 4.69) is 44.2 Å². The molecule has 1 atom stereocenters. The van der Waals surface area contributed by atoms with Gasteiger partial charge in [0.1, 0.15) is 6.29 Å². The second kappa shape index (κ2) is 7.05. The van der Waals surface area contributed by atoms with E-state index in [0.717, 1.165) is 19.1 Å². The Bertz CT molecular complexity index is 360. The number of benzene rings is 1. The fourth-order valence-corrected chi connectivity index (χ4v) is 1.75. The van der Waals surface area contributed by atoms with Gasteiger partial charge in [-0.2, -0.15) is 0 Å². The van der Waals surface area contributed by atoms with Crippen LogP contribution < -0.4 is 0 Å². The molecule has 0 aliphatic rings. The van der Waals surface area contributed by atoms with E-state index in [1.807, 2.05) is 13.0 Å². The number of rotatable bonds is 6. The van der Waals surface area contributed by atoms with Crippen LogP contribution in [0.2, 0.25) is 0 Å². The van der Waals surface area contributed by atoms with Crippen molar-refractivity contribution in [3.63, 3.8) is 0 Å². The molecule has 0 aliphatic heterocycles. The first kappa shape index (κ1) is 13.7. The number of carbonyl (C=O) groups is 1. The van der Waals surface area contributed by atoms with Gasteiger partial charge < -0.3 is 4.79 Å². The van der Waals surface area contributed by atoms with Crippen LogP contribution in [0, 0.1) is 11.8 Å². The third-order valence-electron chi connectivity index (χ3n) is 2.67. The minimum Gasteiger partial charge on any atom is -0.303 e. The van der Waals surface area contributed by atoms with Crippen LogP contribution in [0.3, 0.4) is 0 Å². The van der Waals surface area contributed by atoms with Crippen LogP contribution in [-0.2, 0) is 17.6 Å². The average molecular weight is 230 g/mol. The molecule has 1 rings (SSSR count). The molecule has 0 radical (unpaired) electrons. The fourth-order valence-electron chi connectivity index (χ4n) is 1.75. The highest BCUT2D eigenvalue weighted by Gasteiger charge is 1.97. The topological polar surface area (TPSA) is 17.1 Å². The molecule has 0 amide bonds. The lowest BCUT2D eigenvalue weighted by Crippen LogP contribution is -1.94. The van der Waals surface area contributed by atoms with Crippen LogP contribution in [0.15, 0.2) is 36.4 Å². The zero-order valence-electron chi connectivity index (χ0n) is 11.0. The summed E-state index contributed by atoms with van der Waals surface area (Å²) in [5, 5.41) is 0. The molecular weight excluding hydrogens is 208 g/mol. The smallest absolute Gasteiger partial charge is 0.126 e. The molecule has 0 spiro atoms. The van der Waals surface area contributed by atoms with E-state index >= 15 is 0 Å². The van der Waals surface area contributed by atoms with Crippen LogP contribution in [-0.4, -0.2) is 6.29 Å². The Kier molecular flexibility index (Phi) is 5.68. The van der Waals surface area contributed by atoms with E-state index in [0.29, 0.717) is 5.92 Å². The van der Waals surface area contributed by atoms with Gasteiger partial charge in [0.05, 0.1) is 0 Å². The second-order valence-electron chi connectivity index (χ2n) is 5.04. The molecule has 0 heterocycles. The predicted molar refractivity (Wildman–Crippen MR) is 73.1 cm³/mol. The lowest BCUT2D eigenvalue weighted by molar-refractivity contribution is -0.109. The molecule has 0 saturated heterocycles. The Morgan fingerprint density at radius 1 is 1.06 bits per heavy atom. The summed E-state index contributed by atoms with van der Waals surface area (Å²) in [6.07, 6.45) is 7.02. The van der Waals surface area contributed by atoms with Gasteiger partial charge in [-0.3, -0.25) is 0 Å². The molecule has 0 aromatic heterocycles. The van der Waals surface area contributed by atoms with E-state index in [1.54, 1.807) is 0 Å². The SMILES string of the molecule is CC(C=O)/C=C/Cc1ccc(CC(C)C)cc1. The summed E-state index contributed by atoms with van der Waals surface area (Å²) >= 11 is 0. The predicted octanol–water partition coefficient (Wildman–Crippen LogP) is 3.82. The van der Waals surface area contributed by atoms with Crippen molar-refractivity contribution < 1.29 is 4.79 Å². The monoisotopic (exact) mass is 230 g/mol. The summed E-state index contributed by atoms with van der Waals surface area (Å²) in [7, 11) is 0. The Balaban J connectivity index is 2.51. The molecule has 1 aromatic carbocycles. The average Bonchev–Trinajstić information content (AvgIpc) is 2.30. The maximum atomic E-state index is 10.4. The minimum absolute atomic E-state index is 0.0233. The summed E-state index contributed by atoms with van der Waals surface area (Å²) in [6.45, 7) is 6.37. The van der Waals surface area contributed by atoms with Crippen molar-refractivity contribution in [3.05, 3.63) is 47.5 Å². The van der Waals surface area contributed by atoms with Crippen molar-refractivity contribution in [1.82, 2.24) is 0 Å². The second-order valence-corrected chi connectivity index (χ2v) is 5.04. The van der Waals surface area contributed by atoms with Gasteiger partial charge in [0.15, 0.2) is 0 Å². The van der Waals surface area contributed by atoms with Crippen LogP contribution in [0.4, 0.5) is 0 Å². The van der Waals surface area contributed by atoms with Gasteiger partial charge in [-0.05, 0) is 29.9 Å². The van der Waals surface area contributed by atoms with E-state index in [4.69, 9.17) is 0 Å². The highest BCUT2D eigenvalue weighted by atomic mass is 16.1. The van der Waals surface area contributed by atoms with Gasteiger partial charge in [-0.25, -0.2) is 0 Å². The highest BCUT2D eigenvalue weighted by molar-refractivity contribution is 5.55. The maximum Gasteiger partial charge on any atom is 0.126 e. The van der Waals surface area contributed by atoms with Crippen molar-refractivity contribution in [3.8, 4) is 0 Å². The molecule has 0 N–H and O–H groups in total. The molecule has 1 aromatic rings. The third kappa shape index (κ3) is 5.48. The largest absolute Gasteiger partial charge is 0.303 e. The maximum absolute atomic E-state index is 10.4. The standard InChI is InChI=1S/C16H22O/c1-13(2)11-16-9-7-15(8-10-16)6-4-5-14(3)12-17/h4-5,7-10,12-14H,6,11H2,1-3H3/b5-4+. The Morgan fingerprint density at radius 2 is 1.65 bits per heavy atom. The van der Waals surface area contributed by atoms with Crippen molar-refractivity contribution >= 4 is 6.29 Å². The van der Waals surface area contributed by atoms with Crippen molar-refractivity contribution in [2.75, 3.05) is 0 Å². The molecule has 1 unspecified atom stereocenters. The van der Waals surface area contributed by atoms with Gasteiger partial charge in [0.2, 0.25) is 0 Å². The van der Waals surface area contributed by atoms with Crippen molar-refractivity contribution in [1.29, 1.82) is 0 Å². The number of carbonyl (C=O) groups excluding carboxylic acids is 1. The number of aldehydes is 1. The summed E-state index contributed by atoms with van der Waals surface area (Å²) in [5.74, 6) is 0.726. The van der Waals surface area contributed by atoms with E-state index in [-0.39, 0.29) is 5.92 Å². The first-order chi connectivity index (χ1) is 8.11. The lowest BCUT2D eigenvalue weighted by Gasteiger charge is -2.05. The van der Waals surface area contributed by atoms with Gasteiger partial charge in [0.25, 0.3) is 0 Å². The van der Waals surface area contributed by atoms with Gasteiger partial charge in [0, 0.05) is 5.92 Å². The van der Waals surface area contributed by atoms with Crippen molar-refractivity contribution in [2.45, 2.75) is 33.6 Å². The molecule has 0 bridgehead atoms. The lowest BCUT2D eigenvalue weighted by atomic mass is 10.0. The molecule has 1 heteroatoms. The van der Waals surface area contributed by atoms with Crippen LogP contribution in [0.1, 0.15) is 31.9 Å². The molecule has 1 nitrogen and oxygen atoms in total. The molecule has 92 valence electrons. The number of hydrogen-bond acceptors (Lipinski definition) is 1. The zero-order valence-corrected chi connectivity index (χ0v) is 11.0. The number of allylic oxidation sites excluding steroid dienone is 2. The third-order valence-corrected chi connectivity index (χ3v) is 2.67. The van der Waals surface area contributed by atoms with Gasteiger partial charge in [-0.1, -0.05) is 57.2 Å². The summed E-state index contributed by atoms with van der Waals surface area (Å²) in [6, 6.07) is 8.75. The normalized spacial score (nSPS) is 13.2.